The Morgan fingerprint density at radius 1 is 1.50 bits per heavy atom. The van der Waals surface area contributed by atoms with E-state index in [1.54, 1.807) is 6.26 Å². The van der Waals surface area contributed by atoms with E-state index in [1.807, 2.05) is 37.3 Å². The fourth-order valence-corrected chi connectivity index (χ4v) is 1.55. The molecular formula is C15H18O3. The summed E-state index contributed by atoms with van der Waals surface area (Å²) in [7, 11) is 0. The molecule has 0 N–H and O–H groups in total. The molecule has 0 amide bonds. The largest absolute Gasteiger partial charge is 0.497 e. The van der Waals surface area contributed by atoms with Gasteiger partial charge in [-0.2, -0.15) is 0 Å². The summed E-state index contributed by atoms with van der Waals surface area (Å²) in [5.74, 6) is 0.835. The van der Waals surface area contributed by atoms with Crippen LogP contribution in [0.15, 0.2) is 43.2 Å². The zero-order chi connectivity index (χ0) is 12.8. The molecule has 1 fully saturated rings. The topological polar surface area (TPSA) is 31.0 Å². The lowest BCUT2D eigenvalue weighted by Gasteiger charge is -2.12. The fraction of sp³-hybridized carbons (Fsp3) is 0.333. The van der Waals surface area contributed by atoms with E-state index in [1.165, 1.54) is 0 Å². The summed E-state index contributed by atoms with van der Waals surface area (Å²) >= 11 is 0. The van der Waals surface area contributed by atoms with Gasteiger partial charge in [0.1, 0.15) is 25.1 Å². The summed E-state index contributed by atoms with van der Waals surface area (Å²) in [4.78, 5) is 0. The van der Waals surface area contributed by atoms with Crippen molar-refractivity contribution in [2.45, 2.75) is 13.0 Å². The van der Waals surface area contributed by atoms with Gasteiger partial charge in [-0.05, 0) is 18.6 Å². The van der Waals surface area contributed by atoms with Crippen LogP contribution in [0.5, 0.6) is 5.75 Å². The number of hydrogen-bond acceptors (Lipinski definition) is 3. The summed E-state index contributed by atoms with van der Waals surface area (Å²) in [5.41, 5.74) is 1.89. The van der Waals surface area contributed by atoms with Crippen LogP contribution in [0.3, 0.4) is 0 Å². The van der Waals surface area contributed by atoms with Crippen LogP contribution < -0.4 is 4.74 Å². The first-order chi connectivity index (χ1) is 8.81. The van der Waals surface area contributed by atoms with E-state index in [4.69, 9.17) is 14.2 Å². The second-order valence-corrected chi connectivity index (χ2v) is 4.15. The van der Waals surface area contributed by atoms with E-state index >= 15 is 0 Å². The molecule has 3 heteroatoms. The van der Waals surface area contributed by atoms with E-state index < -0.39 is 0 Å². The summed E-state index contributed by atoms with van der Waals surface area (Å²) in [6.45, 7) is 7.80. The molecule has 0 spiro atoms. The fourth-order valence-electron chi connectivity index (χ4n) is 1.55. The van der Waals surface area contributed by atoms with Crippen molar-refractivity contribution in [3.63, 3.8) is 0 Å². The van der Waals surface area contributed by atoms with E-state index in [0.29, 0.717) is 13.2 Å². The lowest BCUT2D eigenvalue weighted by atomic mass is 10.1. The molecule has 0 aliphatic carbocycles. The summed E-state index contributed by atoms with van der Waals surface area (Å²) in [6.07, 6.45) is 3.76. The number of rotatable bonds is 7. The molecule has 96 valence electrons. The van der Waals surface area contributed by atoms with E-state index in [2.05, 4.69) is 6.58 Å². The summed E-state index contributed by atoms with van der Waals surface area (Å²) < 4.78 is 16.2. The minimum absolute atomic E-state index is 0.255. The molecule has 0 bridgehead atoms. The molecule has 1 aliphatic rings. The van der Waals surface area contributed by atoms with Crippen molar-refractivity contribution in [1.82, 2.24) is 0 Å². The number of benzene rings is 1. The Hall–Kier alpha value is -1.74. The van der Waals surface area contributed by atoms with Gasteiger partial charge in [0.05, 0.1) is 12.9 Å². The SMILES string of the molecule is C=C(COC=CC)c1ccccc1OCC1CO1. The van der Waals surface area contributed by atoms with E-state index in [-0.39, 0.29) is 6.10 Å². The molecule has 1 saturated heterocycles. The number of ether oxygens (including phenoxy) is 3. The van der Waals surface area contributed by atoms with Crippen LogP contribution in [0, 0.1) is 0 Å². The first-order valence-electron chi connectivity index (χ1n) is 6.05. The van der Waals surface area contributed by atoms with Crippen LogP contribution in [0.4, 0.5) is 0 Å². The highest BCUT2D eigenvalue weighted by Gasteiger charge is 2.23. The van der Waals surface area contributed by atoms with Gasteiger partial charge < -0.3 is 14.2 Å². The van der Waals surface area contributed by atoms with Crippen LogP contribution >= 0.6 is 0 Å². The molecular weight excluding hydrogens is 228 g/mol. The molecule has 0 aromatic heterocycles. The maximum atomic E-state index is 5.73. The van der Waals surface area contributed by atoms with Crippen molar-refractivity contribution < 1.29 is 14.2 Å². The number of allylic oxidation sites excluding steroid dienone is 1. The lowest BCUT2D eigenvalue weighted by Crippen LogP contribution is -2.06. The van der Waals surface area contributed by atoms with Gasteiger partial charge in [0.2, 0.25) is 0 Å². The highest BCUT2D eigenvalue weighted by Crippen LogP contribution is 2.26. The Bertz CT molecular complexity index is 433. The van der Waals surface area contributed by atoms with Crippen LogP contribution in [0.1, 0.15) is 12.5 Å². The van der Waals surface area contributed by atoms with Crippen molar-refractivity contribution in [2.24, 2.45) is 0 Å². The Kier molecular flexibility index (Phi) is 4.42. The van der Waals surface area contributed by atoms with Gasteiger partial charge >= 0.3 is 0 Å². The Balaban J connectivity index is 1.98. The molecule has 1 aliphatic heterocycles. The van der Waals surface area contributed by atoms with Gasteiger partial charge in [-0.15, -0.1) is 0 Å². The zero-order valence-corrected chi connectivity index (χ0v) is 10.6. The molecule has 1 aromatic rings. The molecule has 0 saturated carbocycles. The van der Waals surface area contributed by atoms with Crippen molar-refractivity contribution in [3.05, 3.63) is 48.7 Å². The molecule has 1 unspecified atom stereocenters. The van der Waals surface area contributed by atoms with Gasteiger partial charge in [0, 0.05) is 5.56 Å². The zero-order valence-electron chi connectivity index (χ0n) is 10.6. The summed E-state index contributed by atoms with van der Waals surface area (Å²) in [6, 6.07) is 7.85. The first-order valence-corrected chi connectivity index (χ1v) is 6.05. The normalized spacial score (nSPS) is 17.7. The van der Waals surface area contributed by atoms with Gasteiger partial charge in [-0.1, -0.05) is 30.9 Å². The smallest absolute Gasteiger partial charge is 0.127 e. The second-order valence-electron chi connectivity index (χ2n) is 4.15. The molecule has 3 nitrogen and oxygen atoms in total. The average molecular weight is 246 g/mol. The molecule has 0 radical (unpaired) electrons. The van der Waals surface area contributed by atoms with Crippen molar-refractivity contribution in [1.29, 1.82) is 0 Å². The van der Waals surface area contributed by atoms with Crippen LogP contribution in [-0.4, -0.2) is 25.9 Å². The van der Waals surface area contributed by atoms with Crippen molar-refractivity contribution in [3.8, 4) is 5.75 Å². The Morgan fingerprint density at radius 3 is 3.00 bits per heavy atom. The molecule has 1 heterocycles. The maximum absolute atomic E-state index is 5.73. The first kappa shape index (κ1) is 12.7. The lowest BCUT2D eigenvalue weighted by molar-refractivity contribution is 0.261. The number of hydrogen-bond donors (Lipinski definition) is 0. The predicted molar refractivity (Wildman–Crippen MR) is 71.5 cm³/mol. The molecule has 1 atom stereocenters. The van der Waals surface area contributed by atoms with Crippen molar-refractivity contribution in [2.75, 3.05) is 19.8 Å². The quantitative estimate of drug-likeness (QED) is 0.547. The predicted octanol–water partition coefficient (Wildman–Crippen LogP) is 3.03. The standard InChI is InChI=1S/C15H18O3/c1-3-8-16-9-12(2)14-6-4-5-7-15(14)18-11-13-10-17-13/h3-8,13H,2,9-11H2,1H3. The second kappa shape index (κ2) is 6.26. The third-order valence-electron chi connectivity index (χ3n) is 2.58. The Labute approximate surface area is 108 Å². The third kappa shape index (κ3) is 3.64. The van der Waals surface area contributed by atoms with Crippen LogP contribution in [0.2, 0.25) is 0 Å². The minimum atomic E-state index is 0.255. The highest BCUT2D eigenvalue weighted by atomic mass is 16.6. The van der Waals surface area contributed by atoms with E-state index in [0.717, 1.165) is 23.5 Å². The third-order valence-corrected chi connectivity index (χ3v) is 2.58. The molecule has 1 aromatic carbocycles. The number of para-hydroxylation sites is 1. The van der Waals surface area contributed by atoms with Gasteiger partial charge in [0.15, 0.2) is 0 Å². The summed E-state index contributed by atoms with van der Waals surface area (Å²) in [5, 5.41) is 0. The van der Waals surface area contributed by atoms with Gasteiger partial charge in [0.25, 0.3) is 0 Å². The molecule has 2 rings (SSSR count). The number of epoxide rings is 1. The molecule has 18 heavy (non-hydrogen) atoms. The van der Waals surface area contributed by atoms with Crippen LogP contribution in [-0.2, 0) is 9.47 Å². The monoisotopic (exact) mass is 246 g/mol. The van der Waals surface area contributed by atoms with Gasteiger partial charge in [-0.25, -0.2) is 0 Å². The van der Waals surface area contributed by atoms with Crippen molar-refractivity contribution >= 4 is 5.57 Å². The Morgan fingerprint density at radius 2 is 2.28 bits per heavy atom. The minimum Gasteiger partial charge on any atom is -0.497 e. The van der Waals surface area contributed by atoms with E-state index in [9.17, 15) is 0 Å². The average Bonchev–Trinajstić information content (AvgIpc) is 3.21. The van der Waals surface area contributed by atoms with Gasteiger partial charge in [-0.3, -0.25) is 0 Å². The maximum Gasteiger partial charge on any atom is 0.127 e. The highest BCUT2D eigenvalue weighted by molar-refractivity contribution is 5.69. The van der Waals surface area contributed by atoms with Crippen LogP contribution in [0.25, 0.3) is 5.57 Å².